The number of para-hydroxylation sites is 1. The van der Waals surface area contributed by atoms with Gasteiger partial charge in [-0.2, -0.15) is 0 Å². The first kappa shape index (κ1) is 13.4. The van der Waals surface area contributed by atoms with Crippen LogP contribution in [0.4, 0.5) is 5.82 Å². The molecule has 1 aromatic carbocycles. The predicted octanol–water partition coefficient (Wildman–Crippen LogP) is 4.60. The zero-order valence-electron chi connectivity index (χ0n) is 10.6. The summed E-state index contributed by atoms with van der Waals surface area (Å²) in [7, 11) is 0. The average molecular weight is 271 g/mol. The Balaban J connectivity index is 2.24. The van der Waals surface area contributed by atoms with Crippen molar-refractivity contribution in [2.24, 2.45) is 0 Å². The Hall–Kier alpha value is -2.06. The van der Waals surface area contributed by atoms with E-state index in [0.29, 0.717) is 11.6 Å². The minimum absolute atomic E-state index is 0.636. The lowest BCUT2D eigenvalue weighted by Gasteiger charge is -2.08. The molecule has 0 unspecified atom stereocenters. The molecule has 19 heavy (non-hydrogen) atoms. The lowest BCUT2D eigenvalue weighted by Crippen LogP contribution is -2.05. The summed E-state index contributed by atoms with van der Waals surface area (Å²) in [5.41, 5.74) is 1.92. The second-order valence-electron chi connectivity index (χ2n) is 4.04. The predicted molar refractivity (Wildman–Crippen MR) is 83.7 cm³/mol. The number of allylic oxidation sites excluding steroid dienone is 2. The van der Waals surface area contributed by atoms with E-state index in [0.717, 1.165) is 22.3 Å². The summed E-state index contributed by atoms with van der Waals surface area (Å²) in [6.45, 7) is 8.06. The molecule has 2 nitrogen and oxygen atoms in total. The van der Waals surface area contributed by atoms with Crippen LogP contribution in [0.2, 0.25) is 5.02 Å². The summed E-state index contributed by atoms with van der Waals surface area (Å²) >= 11 is 6.24. The molecule has 0 aliphatic rings. The van der Waals surface area contributed by atoms with Crippen molar-refractivity contribution in [1.82, 2.24) is 4.98 Å². The van der Waals surface area contributed by atoms with E-state index >= 15 is 0 Å². The zero-order valence-corrected chi connectivity index (χ0v) is 11.3. The minimum Gasteiger partial charge on any atom is -0.366 e. The van der Waals surface area contributed by atoms with Gasteiger partial charge in [-0.3, -0.25) is 0 Å². The summed E-state index contributed by atoms with van der Waals surface area (Å²) in [6.07, 6.45) is 5.43. The summed E-state index contributed by atoms with van der Waals surface area (Å²) in [5, 5.41) is 4.88. The first-order valence-corrected chi connectivity index (χ1v) is 6.35. The highest BCUT2D eigenvalue weighted by Gasteiger charge is 2.03. The van der Waals surface area contributed by atoms with Crippen LogP contribution in [0.5, 0.6) is 0 Å². The van der Waals surface area contributed by atoms with Gasteiger partial charge in [-0.1, -0.05) is 61.2 Å². The maximum Gasteiger partial charge on any atom is 0.128 e. The number of halogens is 1. The molecule has 0 spiro atoms. The number of pyridine rings is 1. The molecule has 0 radical (unpaired) electrons. The SMILES string of the molecule is C=C/C=C(\C=C)CNc1cc(Cl)c2ccccc2n1. The monoisotopic (exact) mass is 270 g/mol. The second kappa shape index (κ2) is 6.21. The van der Waals surface area contributed by atoms with E-state index in [4.69, 9.17) is 11.6 Å². The fourth-order valence-corrected chi connectivity index (χ4v) is 2.03. The van der Waals surface area contributed by atoms with Crippen LogP contribution in [0.1, 0.15) is 0 Å². The fourth-order valence-electron chi connectivity index (χ4n) is 1.77. The van der Waals surface area contributed by atoms with Crippen LogP contribution < -0.4 is 5.32 Å². The topological polar surface area (TPSA) is 24.9 Å². The standard InChI is InChI=1S/C16H15ClN2/c1-3-7-12(4-2)11-18-16-10-14(17)13-8-5-6-9-15(13)19-16/h3-10H,1-2,11H2,(H,18,19)/b12-7+. The smallest absolute Gasteiger partial charge is 0.128 e. The third kappa shape index (κ3) is 3.24. The lowest BCUT2D eigenvalue weighted by molar-refractivity contribution is 1.22. The third-order valence-corrected chi connectivity index (χ3v) is 3.05. The van der Waals surface area contributed by atoms with Crippen LogP contribution in [-0.2, 0) is 0 Å². The Kier molecular flexibility index (Phi) is 4.37. The van der Waals surface area contributed by atoms with Gasteiger partial charge >= 0.3 is 0 Å². The van der Waals surface area contributed by atoms with Gasteiger partial charge in [0.25, 0.3) is 0 Å². The van der Waals surface area contributed by atoms with Gasteiger partial charge in [0.15, 0.2) is 0 Å². The molecule has 3 heteroatoms. The summed E-state index contributed by atoms with van der Waals surface area (Å²) in [4.78, 5) is 4.52. The maximum absolute atomic E-state index is 6.24. The minimum atomic E-state index is 0.636. The summed E-state index contributed by atoms with van der Waals surface area (Å²) < 4.78 is 0. The molecule has 0 bridgehead atoms. The first-order chi connectivity index (χ1) is 9.24. The number of anilines is 1. The molecule has 0 amide bonds. The van der Waals surface area contributed by atoms with Crippen LogP contribution in [0.3, 0.4) is 0 Å². The van der Waals surface area contributed by atoms with E-state index < -0.39 is 0 Å². The third-order valence-electron chi connectivity index (χ3n) is 2.73. The van der Waals surface area contributed by atoms with Crippen molar-refractivity contribution in [3.8, 4) is 0 Å². The van der Waals surface area contributed by atoms with E-state index in [2.05, 4.69) is 23.5 Å². The van der Waals surface area contributed by atoms with Gasteiger partial charge in [0.1, 0.15) is 5.82 Å². The lowest BCUT2D eigenvalue weighted by atomic mass is 10.2. The van der Waals surface area contributed by atoms with Crippen LogP contribution >= 0.6 is 11.6 Å². The molecule has 0 saturated carbocycles. The average Bonchev–Trinajstić information content (AvgIpc) is 2.43. The Morgan fingerprint density at radius 2 is 2.11 bits per heavy atom. The quantitative estimate of drug-likeness (QED) is 0.803. The van der Waals surface area contributed by atoms with Gasteiger partial charge in [0, 0.05) is 11.9 Å². The summed E-state index contributed by atoms with van der Waals surface area (Å²) in [6, 6.07) is 9.63. The molecule has 1 heterocycles. The number of fused-ring (bicyclic) bond motifs is 1. The molecular formula is C16H15ClN2. The largest absolute Gasteiger partial charge is 0.366 e. The van der Waals surface area contributed by atoms with Crippen LogP contribution in [0.25, 0.3) is 10.9 Å². The molecule has 2 rings (SSSR count). The molecule has 0 aliphatic heterocycles. The van der Waals surface area contributed by atoms with Crippen molar-refractivity contribution < 1.29 is 0 Å². The zero-order chi connectivity index (χ0) is 13.7. The van der Waals surface area contributed by atoms with Crippen LogP contribution in [0, 0.1) is 0 Å². The second-order valence-corrected chi connectivity index (χ2v) is 4.45. The number of nitrogens with one attached hydrogen (secondary N) is 1. The highest BCUT2D eigenvalue weighted by atomic mass is 35.5. The van der Waals surface area contributed by atoms with Gasteiger partial charge in [0.2, 0.25) is 0 Å². The fraction of sp³-hybridized carbons (Fsp3) is 0.0625. The first-order valence-electron chi connectivity index (χ1n) is 5.98. The Morgan fingerprint density at radius 3 is 2.84 bits per heavy atom. The van der Waals surface area contributed by atoms with E-state index in [9.17, 15) is 0 Å². The van der Waals surface area contributed by atoms with Crippen molar-refractivity contribution >= 4 is 28.3 Å². The molecule has 1 aromatic heterocycles. The molecule has 0 fully saturated rings. The number of hydrogen-bond acceptors (Lipinski definition) is 2. The normalized spacial score (nSPS) is 11.3. The van der Waals surface area contributed by atoms with Gasteiger partial charge < -0.3 is 5.32 Å². The Labute approximate surface area is 118 Å². The van der Waals surface area contributed by atoms with E-state index in [-0.39, 0.29) is 0 Å². The number of rotatable bonds is 5. The van der Waals surface area contributed by atoms with Crippen LogP contribution in [0.15, 0.2) is 67.3 Å². The molecule has 96 valence electrons. The highest BCUT2D eigenvalue weighted by molar-refractivity contribution is 6.35. The molecule has 0 saturated heterocycles. The van der Waals surface area contributed by atoms with Crippen molar-refractivity contribution in [2.75, 3.05) is 11.9 Å². The van der Waals surface area contributed by atoms with E-state index in [1.165, 1.54) is 0 Å². The van der Waals surface area contributed by atoms with Crippen molar-refractivity contribution in [3.05, 3.63) is 72.3 Å². The van der Waals surface area contributed by atoms with Crippen LogP contribution in [-0.4, -0.2) is 11.5 Å². The number of benzene rings is 1. The molecule has 0 atom stereocenters. The molecule has 2 aromatic rings. The molecule has 1 N–H and O–H groups in total. The van der Waals surface area contributed by atoms with E-state index in [1.54, 1.807) is 12.2 Å². The number of nitrogens with zero attached hydrogens (tertiary/aromatic N) is 1. The number of aromatic nitrogens is 1. The number of hydrogen-bond donors (Lipinski definition) is 1. The van der Waals surface area contributed by atoms with Crippen molar-refractivity contribution in [2.45, 2.75) is 0 Å². The van der Waals surface area contributed by atoms with Crippen molar-refractivity contribution in [3.63, 3.8) is 0 Å². The van der Waals surface area contributed by atoms with Gasteiger partial charge in [-0.25, -0.2) is 4.98 Å². The highest BCUT2D eigenvalue weighted by Crippen LogP contribution is 2.24. The van der Waals surface area contributed by atoms with E-state index in [1.807, 2.05) is 36.4 Å². The van der Waals surface area contributed by atoms with Gasteiger partial charge in [-0.05, 0) is 17.7 Å². The van der Waals surface area contributed by atoms with Gasteiger partial charge in [-0.15, -0.1) is 0 Å². The Bertz CT molecular complexity index is 644. The molecular weight excluding hydrogens is 256 g/mol. The van der Waals surface area contributed by atoms with Gasteiger partial charge in [0.05, 0.1) is 10.5 Å². The molecule has 0 aliphatic carbocycles. The Morgan fingerprint density at radius 1 is 1.32 bits per heavy atom. The summed E-state index contributed by atoms with van der Waals surface area (Å²) in [5.74, 6) is 0.750. The maximum atomic E-state index is 6.24. The van der Waals surface area contributed by atoms with Crippen molar-refractivity contribution in [1.29, 1.82) is 0 Å².